The van der Waals surface area contributed by atoms with Gasteiger partial charge < -0.3 is 4.74 Å². The van der Waals surface area contributed by atoms with E-state index in [0.29, 0.717) is 0 Å². The standard InChI is InChI=1S/C20H21N3O/c1-2-5-18(6-3-1)20-16-22(13-14-24-20)15-17-7-9-19(10-8-17)23-12-4-11-21-23/h1-12,20H,13-16H2/t20-/m1/s1. The molecule has 1 aliphatic heterocycles. The molecular weight excluding hydrogens is 298 g/mol. The predicted octanol–water partition coefficient (Wildman–Crippen LogP) is 3.45. The third kappa shape index (κ3) is 3.40. The van der Waals surface area contributed by atoms with Gasteiger partial charge in [-0.1, -0.05) is 42.5 Å². The van der Waals surface area contributed by atoms with E-state index in [1.54, 1.807) is 6.20 Å². The molecule has 122 valence electrons. The van der Waals surface area contributed by atoms with Crippen molar-refractivity contribution in [2.75, 3.05) is 19.7 Å². The highest BCUT2D eigenvalue weighted by Crippen LogP contribution is 2.23. The van der Waals surface area contributed by atoms with Crippen LogP contribution >= 0.6 is 0 Å². The topological polar surface area (TPSA) is 30.3 Å². The summed E-state index contributed by atoms with van der Waals surface area (Å²) >= 11 is 0. The Kier molecular flexibility index (Phi) is 4.40. The minimum atomic E-state index is 0.170. The maximum absolute atomic E-state index is 5.95. The minimum absolute atomic E-state index is 0.170. The lowest BCUT2D eigenvalue weighted by Gasteiger charge is -2.33. The number of hydrogen-bond acceptors (Lipinski definition) is 3. The number of ether oxygens (including phenoxy) is 1. The maximum atomic E-state index is 5.95. The Labute approximate surface area is 142 Å². The van der Waals surface area contributed by atoms with Gasteiger partial charge in [0.2, 0.25) is 0 Å². The summed E-state index contributed by atoms with van der Waals surface area (Å²) in [4.78, 5) is 2.46. The molecular formula is C20H21N3O. The van der Waals surface area contributed by atoms with E-state index >= 15 is 0 Å². The van der Waals surface area contributed by atoms with Gasteiger partial charge in [0.1, 0.15) is 0 Å². The highest BCUT2D eigenvalue weighted by atomic mass is 16.5. The smallest absolute Gasteiger partial charge is 0.0952 e. The van der Waals surface area contributed by atoms with Gasteiger partial charge in [-0.15, -0.1) is 0 Å². The van der Waals surface area contributed by atoms with Crippen LogP contribution in [0.25, 0.3) is 5.69 Å². The summed E-state index contributed by atoms with van der Waals surface area (Å²) in [5, 5.41) is 4.27. The molecule has 0 unspecified atom stereocenters. The van der Waals surface area contributed by atoms with Crippen LogP contribution in [0, 0.1) is 0 Å². The van der Waals surface area contributed by atoms with Crippen LogP contribution in [-0.2, 0) is 11.3 Å². The van der Waals surface area contributed by atoms with E-state index in [2.05, 4.69) is 58.5 Å². The fourth-order valence-corrected chi connectivity index (χ4v) is 3.15. The van der Waals surface area contributed by atoms with Gasteiger partial charge in [0.25, 0.3) is 0 Å². The van der Waals surface area contributed by atoms with E-state index in [9.17, 15) is 0 Å². The number of nitrogens with zero attached hydrogens (tertiary/aromatic N) is 3. The molecule has 0 bridgehead atoms. The minimum Gasteiger partial charge on any atom is -0.371 e. The Hall–Kier alpha value is -2.43. The van der Waals surface area contributed by atoms with Crippen LogP contribution in [0.15, 0.2) is 73.1 Å². The highest BCUT2D eigenvalue weighted by molar-refractivity contribution is 5.33. The summed E-state index contributed by atoms with van der Waals surface area (Å²) in [5.74, 6) is 0. The first kappa shape index (κ1) is 15.1. The summed E-state index contributed by atoms with van der Waals surface area (Å²) in [6.07, 6.45) is 3.93. The fourth-order valence-electron chi connectivity index (χ4n) is 3.15. The van der Waals surface area contributed by atoms with E-state index < -0.39 is 0 Å². The lowest BCUT2D eigenvalue weighted by atomic mass is 10.1. The zero-order chi connectivity index (χ0) is 16.2. The molecule has 2 heterocycles. The van der Waals surface area contributed by atoms with E-state index in [1.165, 1.54) is 11.1 Å². The molecule has 4 heteroatoms. The Balaban J connectivity index is 1.41. The molecule has 0 saturated carbocycles. The van der Waals surface area contributed by atoms with Gasteiger partial charge in [0, 0.05) is 32.0 Å². The zero-order valence-electron chi connectivity index (χ0n) is 13.6. The van der Waals surface area contributed by atoms with Crippen molar-refractivity contribution in [2.45, 2.75) is 12.6 Å². The third-order valence-corrected chi connectivity index (χ3v) is 4.43. The van der Waals surface area contributed by atoms with E-state index in [4.69, 9.17) is 4.74 Å². The zero-order valence-corrected chi connectivity index (χ0v) is 13.6. The van der Waals surface area contributed by atoms with E-state index in [1.807, 2.05) is 23.0 Å². The third-order valence-electron chi connectivity index (χ3n) is 4.43. The van der Waals surface area contributed by atoms with Gasteiger partial charge in [-0.2, -0.15) is 5.10 Å². The maximum Gasteiger partial charge on any atom is 0.0952 e. The quantitative estimate of drug-likeness (QED) is 0.738. The number of benzene rings is 2. The van der Waals surface area contributed by atoms with E-state index in [0.717, 1.165) is 31.9 Å². The normalized spacial score (nSPS) is 18.6. The molecule has 4 nitrogen and oxygen atoms in total. The van der Waals surface area contributed by atoms with Crippen LogP contribution in [0.4, 0.5) is 0 Å². The van der Waals surface area contributed by atoms with Crippen molar-refractivity contribution in [1.82, 2.24) is 14.7 Å². The Morgan fingerprint density at radius 1 is 1.00 bits per heavy atom. The first-order valence-electron chi connectivity index (χ1n) is 8.36. The molecule has 3 aromatic rings. The van der Waals surface area contributed by atoms with Gasteiger partial charge in [0.15, 0.2) is 0 Å². The van der Waals surface area contributed by atoms with Gasteiger partial charge >= 0.3 is 0 Å². The van der Waals surface area contributed by atoms with Crippen molar-refractivity contribution in [2.24, 2.45) is 0 Å². The molecule has 0 spiro atoms. The number of hydrogen-bond donors (Lipinski definition) is 0. The second-order valence-corrected chi connectivity index (χ2v) is 6.12. The second kappa shape index (κ2) is 6.99. The molecule has 4 rings (SSSR count). The lowest BCUT2D eigenvalue weighted by Crippen LogP contribution is -2.37. The average Bonchev–Trinajstić information content (AvgIpc) is 3.18. The Bertz CT molecular complexity index is 753. The van der Waals surface area contributed by atoms with Crippen molar-refractivity contribution in [3.05, 3.63) is 84.2 Å². The van der Waals surface area contributed by atoms with E-state index in [-0.39, 0.29) is 6.10 Å². The fraction of sp³-hybridized carbons (Fsp3) is 0.250. The Morgan fingerprint density at radius 3 is 2.58 bits per heavy atom. The van der Waals surface area contributed by atoms with Crippen molar-refractivity contribution in [3.63, 3.8) is 0 Å². The van der Waals surface area contributed by atoms with Crippen molar-refractivity contribution in [3.8, 4) is 5.69 Å². The molecule has 24 heavy (non-hydrogen) atoms. The largest absolute Gasteiger partial charge is 0.371 e. The Morgan fingerprint density at radius 2 is 1.83 bits per heavy atom. The first-order chi connectivity index (χ1) is 11.9. The van der Waals surface area contributed by atoms with Gasteiger partial charge in [-0.25, -0.2) is 4.68 Å². The van der Waals surface area contributed by atoms with Gasteiger partial charge in [-0.05, 0) is 29.3 Å². The number of aromatic nitrogens is 2. The van der Waals surface area contributed by atoms with Crippen LogP contribution < -0.4 is 0 Å². The average molecular weight is 319 g/mol. The predicted molar refractivity (Wildman–Crippen MR) is 94.0 cm³/mol. The second-order valence-electron chi connectivity index (χ2n) is 6.12. The molecule has 0 radical (unpaired) electrons. The monoisotopic (exact) mass is 319 g/mol. The summed E-state index contributed by atoms with van der Waals surface area (Å²) in [6.45, 7) is 3.65. The molecule has 2 aromatic carbocycles. The van der Waals surface area contributed by atoms with Crippen LogP contribution in [0.3, 0.4) is 0 Å². The molecule has 1 aliphatic rings. The van der Waals surface area contributed by atoms with Crippen molar-refractivity contribution >= 4 is 0 Å². The SMILES string of the molecule is c1ccc([C@H]2CN(Cc3ccc(-n4cccn4)cc3)CCO2)cc1. The molecule has 1 aromatic heterocycles. The number of morpholine rings is 1. The molecule has 1 fully saturated rings. The molecule has 1 atom stereocenters. The van der Waals surface area contributed by atoms with Crippen LogP contribution in [0.1, 0.15) is 17.2 Å². The molecule has 0 amide bonds. The summed E-state index contributed by atoms with van der Waals surface area (Å²) < 4.78 is 7.83. The molecule has 0 aliphatic carbocycles. The van der Waals surface area contributed by atoms with Crippen molar-refractivity contribution < 1.29 is 4.74 Å². The van der Waals surface area contributed by atoms with Crippen LogP contribution in [0.5, 0.6) is 0 Å². The molecule has 1 saturated heterocycles. The summed E-state index contributed by atoms with van der Waals surface area (Å²) in [7, 11) is 0. The van der Waals surface area contributed by atoms with Gasteiger partial charge in [0.05, 0.1) is 18.4 Å². The van der Waals surface area contributed by atoms with Crippen LogP contribution in [0.2, 0.25) is 0 Å². The van der Waals surface area contributed by atoms with Crippen LogP contribution in [-0.4, -0.2) is 34.4 Å². The summed E-state index contributed by atoms with van der Waals surface area (Å²) in [6, 6.07) is 21.0. The van der Waals surface area contributed by atoms with Gasteiger partial charge in [-0.3, -0.25) is 4.90 Å². The first-order valence-corrected chi connectivity index (χ1v) is 8.36. The lowest BCUT2D eigenvalue weighted by molar-refractivity contribution is -0.0329. The van der Waals surface area contributed by atoms with Crippen molar-refractivity contribution in [1.29, 1.82) is 0 Å². The molecule has 0 N–H and O–H groups in total. The summed E-state index contributed by atoms with van der Waals surface area (Å²) in [5.41, 5.74) is 3.67. The highest BCUT2D eigenvalue weighted by Gasteiger charge is 2.21. The number of rotatable bonds is 4.